The van der Waals surface area contributed by atoms with E-state index in [4.69, 9.17) is 0 Å². The van der Waals surface area contributed by atoms with Crippen LogP contribution in [0.2, 0.25) is 0 Å². The van der Waals surface area contributed by atoms with E-state index in [0.29, 0.717) is 5.92 Å². The lowest BCUT2D eigenvalue weighted by molar-refractivity contribution is -0.137. The van der Waals surface area contributed by atoms with E-state index in [-0.39, 0.29) is 0 Å². The van der Waals surface area contributed by atoms with Gasteiger partial charge in [-0.2, -0.15) is 13.2 Å². The number of H-pyrrole nitrogens is 1. The molecule has 5 heteroatoms. The van der Waals surface area contributed by atoms with Gasteiger partial charge in [-0.05, 0) is 116 Å². The molecule has 2 aromatic heterocycles. The van der Waals surface area contributed by atoms with Gasteiger partial charge in [0.25, 0.3) is 0 Å². The third-order valence-corrected chi connectivity index (χ3v) is 8.35. The van der Waals surface area contributed by atoms with Gasteiger partial charge in [-0.25, -0.2) is 0 Å². The summed E-state index contributed by atoms with van der Waals surface area (Å²) in [6, 6.07) is 12.9. The summed E-state index contributed by atoms with van der Waals surface area (Å²) in [7, 11) is 0. The van der Waals surface area contributed by atoms with E-state index in [0.717, 1.165) is 42.2 Å². The van der Waals surface area contributed by atoms with E-state index in [9.17, 15) is 13.2 Å². The molecule has 1 unspecified atom stereocenters. The van der Waals surface area contributed by atoms with Gasteiger partial charge in [0.2, 0.25) is 0 Å². The van der Waals surface area contributed by atoms with Gasteiger partial charge in [0.1, 0.15) is 0 Å². The van der Waals surface area contributed by atoms with Crippen LogP contribution in [-0.4, -0.2) is 9.55 Å². The van der Waals surface area contributed by atoms with Crippen LogP contribution in [0.15, 0.2) is 54.9 Å². The molecule has 1 atom stereocenters. The summed E-state index contributed by atoms with van der Waals surface area (Å²) in [5.74, 6) is 1.91. The zero-order valence-electron chi connectivity index (χ0n) is 25.7. The van der Waals surface area contributed by atoms with Gasteiger partial charge in [-0.1, -0.05) is 58.9 Å². The van der Waals surface area contributed by atoms with Crippen molar-refractivity contribution in [2.75, 3.05) is 0 Å². The molecule has 0 spiro atoms. The van der Waals surface area contributed by atoms with Crippen molar-refractivity contribution in [3.05, 3.63) is 93.9 Å². The van der Waals surface area contributed by atoms with Crippen LogP contribution in [0.25, 0.3) is 10.9 Å². The maximum absolute atomic E-state index is 12.4. The number of benzene rings is 2. The molecule has 0 amide bonds. The molecule has 4 aromatic rings. The first kappa shape index (κ1) is 31.0. The lowest BCUT2D eigenvalue weighted by Crippen LogP contribution is -2.10. The minimum absolute atomic E-state index is 0.410. The van der Waals surface area contributed by atoms with Crippen LogP contribution in [0, 0.1) is 18.8 Å². The van der Waals surface area contributed by atoms with Gasteiger partial charge in [-0.3, -0.25) is 0 Å². The molecule has 1 aliphatic carbocycles. The Morgan fingerprint density at radius 3 is 2.37 bits per heavy atom. The Balaban J connectivity index is 0.000000142. The fraction of sp³-hybridized carbons (Fsp3) is 0.500. The summed E-state index contributed by atoms with van der Waals surface area (Å²) in [4.78, 5) is 3.36. The zero-order chi connectivity index (χ0) is 29.7. The van der Waals surface area contributed by atoms with Gasteiger partial charge >= 0.3 is 6.18 Å². The topological polar surface area (TPSA) is 20.7 Å². The van der Waals surface area contributed by atoms with Crippen molar-refractivity contribution in [2.24, 2.45) is 11.8 Å². The third-order valence-electron chi connectivity index (χ3n) is 8.35. The van der Waals surface area contributed by atoms with E-state index in [1.165, 1.54) is 66.4 Å². The molecule has 0 radical (unpaired) electrons. The molecule has 0 fully saturated rings. The molecular formula is C36H47F3N2. The van der Waals surface area contributed by atoms with Gasteiger partial charge in [0.05, 0.1) is 5.56 Å². The van der Waals surface area contributed by atoms with Crippen molar-refractivity contribution in [3.8, 4) is 0 Å². The van der Waals surface area contributed by atoms with Crippen molar-refractivity contribution in [3.63, 3.8) is 0 Å². The number of halogens is 3. The molecule has 1 N–H and O–H groups in total. The molecule has 2 nitrogen and oxygen atoms in total. The Kier molecular flexibility index (Phi) is 10.1. The Morgan fingerprint density at radius 1 is 0.927 bits per heavy atom. The maximum atomic E-state index is 12.4. The SMILES string of the molecule is CC(C)Cc1ccn2c1CCCC2.CC1CCc2cc(C(F)(F)F)ccc21.Cc1cccc2c(CC(C)C)c[nH]c12. The smallest absolute Gasteiger partial charge is 0.361 e. The number of para-hydroxylation sites is 1. The molecule has 6 rings (SSSR count). The summed E-state index contributed by atoms with van der Waals surface area (Å²) in [6.45, 7) is 14.6. The average molecular weight is 565 g/mol. The first-order valence-corrected chi connectivity index (χ1v) is 15.4. The third kappa shape index (κ3) is 7.87. The predicted molar refractivity (Wildman–Crippen MR) is 166 cm³/mol. The summed E-state index contributed by atoms with van der Waals surface area (Å²) in [5, 5.41) is 1.39. The highest BCUT2D eigenvalue weighted by Gasteiger charge is 2.32. The minimum atomic E-state index is -4.21. The Hall–Kier alpha value is -2.95. The molecule has 41 heavy (non-hydrogen) atoms. The molecule has 0 saturated heterocycles. The average Bonchev–Trinajstić information content (AvgIpc) is 3.62. The largest absolute Gasteiger partial charge is 0.416 e. The molecule has 0 bridgehead atoms. The fourth-order valence-electron chi connectivity index (χ4n) is 6.24. The van der Waals surface area contributed by atoms with E-state index < -0.39 is 11.7 Å². The molecule has 222 valence electrons. The van der Waals surface area contributed by atoms with Crippen LogP contribution in [0.4, 0.5) is 13.2 Å². The number of alkyl halides is 3. The van der Waals surface area contributed by atoms with Crippen LogP contribution in [-0.2, 0) is 38.4 Å². The fourth-order valence-corrected chi connectivity index (χ4v) is 6.24. The normalized spacial score (nSPS) is 16.2. The number of aromatic amines is 1. The number of nitrogens with zero attached hydrogens (tertiary/aromatic N) is 1. The van der Waals surface area contributed by atoms with Crippen molar-refractivity contribution >= 4 is 10.9 Å². The maximum Gasteiger partial charge on any atom is 0.416 e. The second kappa shape index (κ2) is 13.4. The van der Waals surface area contributed by atoms with Crippen molar-refractivity contribution < 1.29 is 13.2 Å². The number of aryl methyl sites for hydroxylation is 3. The van der Waals surface area contributed by atoms with Crippen molar-refractivity contribution in [2.45, 2.75) is 105 Å². The second-order valence-electron chi connectivity index (χ2n) is 12.8. The van der Waals surface area contributed by atoms with Crippen LogP contribution in [0.1, 0.15) is 98.9 Å². The Morgan fingerprint density at radius 2 is 1.66 bits per heavy atom. The standard InChI is InChI=1S/C13H17N.C12H19N.C11H11F3/c1-9(2)7-11-8-14-13-10(3)5-4-6-12(11)13;1-10(2)9-11-6-8-13-7-4-3-5-12(11)13;1-7-2-3-8-6-9(11(12,13)14)4-5-10(7)8/h4-6,8-9,14H,7H2,1-3H3;6,8,10H,3-5,7,9H2,1-2H3;4-7H,2-3H2,1H3. The number of nitrogens with one attached hydrogen (secondary N) is 1. The van der Waals surface area contributed by atoms with E-state index in [1.54, 1.807) is 17.3 Å². The monoisotopic (exact) mass is 564 g/mol. The first-order chi connectivity index (χ1) is 19.4. The zero-order valence-corrected chi connectivity index (χ0v) is 25.7. The lowest BCUT2D eigenvalue weighted by Gasteiger charge is -2.17. The summed E-state index contributed by atoms with van der Waals surface area (Å²) < 4.78 is 39.5. The highest BCUT2D eigenvalue weighted by molar-refractivity contribution is 5.85. The number of hydrogen-bond donors (Lipinski definition) is 1. The first-order valence-electron chi connectivity index (χ1n) is 15.4. The number of aromatic nitrogens is 2. The summed E-state index contributed by atoms with van der Waals surface area (Å²) in [6.07, 6.45) is 8.42. The molecule has 1 aliphatic heterocycles. The van der Waals surface area contributed by atoms with Gasteiger partial charge in [-0.15, -0.1) is 0 Å². The summed E-state index contributed by atoms with van der Waals surface area (Å²) >= 11 is 0. The van der Waals surface area contributed by atoms with Gasteiger partial charge in [0.15, 0.2) is 0 Å². The number of fused-ring (bicyclic) bond motifs is 3. The minimum Gasteiger partial charge on any atom is -0.361 e. The highest BCUT2D eigenvalue weighted by atomic mass is 19.4. The van der Waals surface area contributed by atoms with Crippen molar-refractivity contribution in [1.29, 1.82) is 0 Å². The van der Waals surface area contributed by atoms with Gasteiger partial charge in [0, 0.05) is 35.5 Å². The predicted octanol–water partition coefficient (Wildman–Crippen LogP) is 10.5. The Labute approximate surface area is 244 Å². The van der Waals surface area contributed by atoms with Crippen molar-refractivity contribution in [1.82, 2.24) is 9.55 Å². The van der Waals surface area contributed by atoms with Crippen LogP contribution in [0.5, 0.6) is 0 Å². The van der Waals surface area contributed by atoms with Gasteiger partial charge < -0.3 is 9.55 Å². The van der Waals surface area contributed by atoms with E-state index in [1.807, 2.05) is 0 Å². The number of hydrogen-bond acceptors (Lipinski definition) is 0. The van der Waals surface area contributed by atoms with Crippen LogP contribution >= 0.6 is 0 Å². The molecule has 2 aliphatic rings. The summed E-state index contributed by atoms with van der Waals surface area (Å²) in [5.41, 5.74) is 8.70. The molecule has 3 heterocycles. The van der Waals surface area contributed by atoms with Crippen LogP contribution < -0.4 is 0 Å². The second-order valence-corrected chi connectivity index (χ2v) is 12.8. The molecule has 2 aromatic carbocycles. The quantitative estimate of drug-likeness (QED) is 0.255. The van der Waals surface area contributed by atoms with E-state index >= 15 is 0 Å². The number of rotatable bonds is 4. The van der Waals surface area contributed by atoms with Crippen LogP contribution in [0.3, 0.4) is 0 Å². The van der Waals surface area contributed by atoms with E-state index in [2.05, 4.69) is 87.8 Å². The molecule has 0 saturated carbocycles. The highest BCUT2D eigenvalue weighted by Crippen LogP contribution is 2.37. The Bertz CT molecular complexity index is 1420. The molecular weight excluding hydrogens is 517 g/mol. The lowest BCUT2D eigenvalue weighted by atomic mass is 9.99.